The van der Waals surface area contributed by atoms with E-state index in [0.717, 1.165) is 18.6 Å². The molecule has 0 spiro atoms. The number of esters is 1. The summed E-state index contributed by atoms with van der Waals surface area (Å²) in [5.41, 5.74) is 4.34. The predicted octanol–water partition coefficient (Wildman–Crippen LogP) is 11.0. The average molecular weight is 547 g/mol. The minimum Gasteiger partial charge on any atom is -0.440 e. The van der Waals surface area contributed by atoms with Crippen LogP contribution in [0.1, 0.15) is 125 Å². The van der Waals surface area contributed by atoms with Gasteiger partial charge < -0.3 is 4.74 Å². The van der Waals surface area contributed by atoms with E-state index < -0.39 is 4.93 Å². The first kappa shape index (κ1) is 31.3. The Balaban J connectivity index is 1.55. The van der Waals surface area contributed by atoms with E-state index in [-0.39, 0.29) is 5.97 Å². The highest BCUT2D eigenvalue weighted by Gasteiger charge is 2.33. The molecule has 0 N–H and O–H groups in total. The summed E-state index contributed by atoms with van der Waals surface area (Å²) in [4.78, 5) is 12.6. The van der Waals surface area contributed by atoms with Crippen LogP contribution in [0, 0.1) is 0 Å². The number of aryl methyl sites for hydroxylation is 1. The molecule has 0 bridgehead atoms. The summed E-state index contributed by atoms with van der Waals surface area (Å²) in [5, 5.41) is 0. The summed E-state index contributed by atoms with van der Waals surface area (Å²) in [5.74, 6) is 0.768. The van der Waals surface area contributed by atoms with E-state index in [0.29, 0.717) is 12.0 Å². The van der Waals surface area contributed by atoms with Gasteiger partial charge in [-0.3, -0.25) is 0 Å². The van der Waals surface area contributed by atoms with Crippen molar-refractivity contribution in [2.45, 2.75) is 115 Å². The molecule has 0 saturated heterocycles. The molecule has 1 aliphatic carbocycles. The Morgan fingerprint density at radius 1 is 0.769 bits per heavy atom. The Kier molecular flexibility index (Phi) is 14.6. The minimum atomic E-state index is -0.644. The zero-order valence-corrected chi connectivity index (χ0v) is 25.3. The third-order valence-electron chi connectivity index (χ3n) is 7.60. The van der Waals surface area contributed by atoms with Crippen molar-refractivity contribution in [1.82, 2.24) is 0 Å². The van der Waals surface area contributed by atoms with Crippen LogP contribution < -0.4 is 0 Å². The van der Waals surface area contributed by atoms with Crippen LogP contribution in [-0.4, -0.2) is 16.7 Å². The van der Waals surface area contributed by atoms with Gasteiger partial charge in [-0.1, -0.05) is 139 Å². The lowest BCUT2D eigenvalue weighted by Crippen LogP contribution is -2.31. The summed E-state index contributed by atoms with van der Waals surface area (Å²) in [6, 6.07) is 18.5. The number of rotatable bonds is 19. The van der Waals surface area contributed by atoms with E-state index in [9.17, 15) is 4.79 Å². The van der Waals surface area contributed by atoms with Crippen LogP contribution >= 0.6 is 11.8 Å². The monoisotopic (exact) mass is 546 g/mol. The Hall–Kier alpha value is -2.26. The fourth-order valence-electron chi connectivity index (χ4n) is 5.10. The highest BCUT2D eigenvalue weighted by molar-refractivity contribution is 8.00. The molecule has 0 heterocycles. The van der Waals surface area contributed by atoms with Crippen molar-refractivity contribution in [1.29, 1.82) is 0 Å². The normalized spacial score (nSPS) is 16.7. The lowest BCUT2D eigenvalue weighted by Gasteiger charge is -2.32. The Labute approximate surface area is 242 Å². The van der Waals surface area contributed by atoms with Gasteiger partial charge in [0, 0.05) is 6.42 Å². The van der Waals surface area contributed by atoms with Gasteiger partial charge in [0.2, 0.25) is 0 Å². The summed E-state index contributed by atoms with van der Waals surface area (Å²) >= 11 is 1.78. The van der Waals surface area contributed by atoms with Crippen LogP contribution in [0.5, 0.6) is 0 Å². The molecule has 0 aliphatic heterocycles. The van der Waals surface area contributed by atoms with Gasteiger partial charge in [-0.2, -0.15) is 0 Å². The van der Waals surface area contributed by atoms with Crippen LogP contribution in [0.15, 0.2) is 72.8 Å². The van der Waals surface area contributed by atoms with Gasteiger partial charge in [-0.05, 0) is 59.9 Å². The van der Waals surface area contributed by atoms with Crippen molar-refractivity contribution in [3.63, 3.8) is 0 Å². The maximum atomic E-state index is 13.3. The third kappa shape index (κ3) is 11.4. The van der Waals surface area contributed by atoms with Gasteiger partial charge in [0.25, 0.3) is 0 Å². The smallest absolute Gasteiger partial charge is 0.339 e. The molecule has 3 heteroatoms. The van der Waals surface area contributed by atoms with Gasteiger partial charge in [0.15, 0.2) is 4.93 Å². The molecule has 39 heavy (non-hydrogen) atoms. The van der Waals surface area contributed by atoms with Crippen molar-refractivity contribution in [3.8, 4) is 0 Å². The number of benzene rings is 2. The molecule has 2 nitrogen and oxygen atoms in total. The highest BCUT2D eigenvalue weighted by atomic mass is 32.2. The van der Waals surface area contributed by atoms with Crippen molar-refractivity contribution in [3.05, 3.63) is 89.5 Å². The van der Waals surface area contributed by atoms with E-state index in [1.54, 1.807) is 11.8 Å². The Morgan fingerprint density at radius 3 is 2.00 bits per heavy atom. The molecule has 1 aliphatic rings. The van der Waals surface area contributed by atoms with E-state index in [1.165, 1.54) is 93.7 Å². The van der Waals surface area contributed by atoms with E-state index in [4.69, 9.17) is 4.74 Å². The van der Waals surface area contributed by atoms with Gasteiger partial charge in [0.05, 0.1) is 5.56 Å². The van der Waals surface area contributed by atoms with Gasteiger partial charge in [0.1, 0.15) is 0 Å². The number of carbonyl (C=O) groups is 1. The second kappa shape index (κ2) is 18.2. The zero-order valence-electron chi connectivity index (χ0n) is 24.5. The van der Waals surface area contributed by atoms with Gasteiger partial charge >= 0.3 is 5.97 Å². The first-order chi connectivity index (χ1) is 19.2. The first-order valence-electron chi connectivity index (χ1n) is 15.6. The van der Waals surface area contributed by atoms with Crippen molar-refractivity contribution in [2.24, 2.45) is 0 Å². The lowest BCUT2D eigenvalue weighted by molar-refractivity contribution is 0.0325. The SMILES string of the molecule is CCCCCCCCCc1ccc(C(=O)OC2(SCCCCCCCC)C=CC(c3ccccc3)=CC2)cc1. The number of thioether (sulfide) groups is 1. The van der Waals surface area contributed by atoms with Crippen molar-refractivity contribution >= 4 is 23.3 Å². The zero-order chi connectivity index (χ0) is 27.6. The first-order valence-corrected chi connectivity index (χ1v) is 16.6. The fourth-order valence-corrected chi connectivity index (χ4v) is 6.29. The molecule has 0 amide bonds. The maximum Gasteiger partial charge on any atom is 0.339 e. The second-order valence-corrected chi connectivity index (χ2v) is 12.3. The predicted molar refractivity (Wildman–Crippen MR) is 170 cm³/mol. The van der Waals surface area contributed by atoms with Crippen LogP contribution in [0.4, 0.5) is 0 Å². The summed E-state index contributed by atoms with van der Waals surface area (Å²) < 4.78 is 6.27. The maximum absolute atomic E-state index is 13.3. The number of unbranched alkanes of at least 4 members (excludes halogenated alkanes) is 11. The third-order valence-corrected chi connectivity index (χ3v) is 8.97. The van der Waals surface area contributed by atoms with Crippen molar-refractivity contribution in [2.75, 3.05) is 5.75 Å². The number of hydrogen-bond donors (Lipinski definition) is 0. The lowest BCUT2D eigenvalue weighted by atomic mass is 9.98. The number of carbonyl (C=O) groups excluding carboxylic acids is 1. The highest BCUT2D eigenvalue weighted by Crippen LogP contribution is 2.39. The Bertz CT molecular complexity index is 1010. The number of ether oxygens (including phenoxy) is 1. The quantitative estimate of drug-likeness (QED) is 0.0995. The molecule has 2 aromatic carbocycles. The van der Waals surface area contributed by atoms with E-state index >= 15 is 0 Å². The molecule has 1 atom stereocenters. The molecule has 3 rings (SSSR count). The van der Waals surface area contributed by atoms with E-state index in [2.05, 4.69) is 68.5 Å². The second-order valence-electron chi connectivity index (χ2n) is 10.9. The number of allylic oxidation sites excluding steroid dienone is 2. The van der Waals surface area contributed by atoms with Crippen LogP contribution in [0.2, 0.25) is 0 Å². The molecule has 1 unspecified atom stereocenters. The Morgan fingerprint density at radius 2 is 1.38 bits per heavy atom. The molecular formula is C36H50O2S. The molecule has 0 saturated carbocycles. The van der Waals surface area contributed by atoms with Crippen LogP contribution in [0.25, 0.3) is 5.57 Å². The van der Waals surface area contributed by atoms with Gasteiger partial charge in [-0.25, -0.2) is 4.79 Å². The largest absolute Gasteiger partial charge is 0.440 e. The topological polar surface area (TPSA) is 26.3 Å². The molecule has 0 radical (unpaired) electrons. The summed E-state index contributed by atoms with van der Waals surface area (Å²) in [6.07, 6.45) is 25.1. The molecule has 0 fully saturated rings. The fraction of sp³-hybridized carbons (Fsp3) is 0.528. The van der Waals surface area contributed by atoms with Crippen LogP contribution in [-0.2, 0) is 11.2 Å². The number of hydrogen-bond acceptors (Lipinski definition) is 3. The van der Waals surface area contributed by atoms with Crippen molar-refractivity contribution < 1.29 is 9.53 Å². The van der Waals surface area contributed by atoms with E-state index in [1.807, 2.05) is 18.2 Å². The summed E-state index contributed by atoms with van der Waals surface area (Å²) in [7, 11) is 0. The molecule has 212 valence electrons. The summed E-state index contributed by atoms with van der Waals surface area (Å²) in [6.45, 7) is 4.52. The minimum absolute atomic E-state index is 0.228. The van der Waals surface area contributed by atoms with Gasteiger partial charge in [-0.15, -0.1) is 11.8 Å². The average Bonchev–Trinajstić information content (AvgIpc) is 2.97. The van der Waals surface area contributed by atoms with Crippen LogP contribution in [0.3, 0.4) is 0 Å². The molecule has 2 aromatic rings. The molecular weight excluding hydrogens is 496 g/mol. The standard InChI is InChI=1S/C36H50O2S/c1-3-5-7-9-11-12-15-19-31-22-24-34(25-23-31)35(37)38-36(39-30-18-13-10-8-6-4-2)28-26-33(27-29-36)32-20-16-14-17-21-32/h14,16-17,20-28H,3-13,15,18-19,29-30H2,1-2H3. The molecule has 0 aromatic heterocycles.